The molecule has 0 bridgehead atoms. The molecule has 0 amide bonds. The standard InChI is InChI=1S/C16H12I3NO9S/c1-27-15-10(18)7-9(17)13(14(15)19)16(21)29-5-4-28-12-3-2-8(30(24,25)26)6-11(12)20(22)23/h2-3,6-7H,4-5H2,1H3,(H,24,25,26). The van der Waals surface area contributed by atoms with Crippen LogP contribution in [-0.4, -0.2) is 44.2 Å². The number of nitro benzene ring substituents is 1. The first-order chi connectivity index (χ1) is 14.0. The third-order valence-electron chi connectivity index (χ3n) is 3.54. The first kappa shape index (κ1) is 25.3. The van der Waals surface area contributed by atoms with Crippen molar-refractivity contribution in [3.8, 4) is 11.5 Å². The van der Waals surface area contributed by atoms with Crippen LogP contribution in [0.4, 0.5) is 5.69 Å². The van der Waals surface area contributed by atoms with Gasteiger partial charge in [-0.05, 0) is 86.0 Å². The summed E-state index contributed by atoms with van der Waals surface area (Å²) >= 11 is 6.09. The lowest BCUT2D eigenvalue weighted by molar-refractivity contribution is -0.386. The van der Waals surface area contributed by atoms with Gasteiger partial charge >= 0.3 is 11.7 Å². The number of ether oxygens (including phenoxy) is 3. The number of methoxy groups -OCH3 is 1. The summed E-state index contributed by atoms with van der Waals surface area (Å²) in [6.45, 7) is -0.428. The lowest BCUT2D eigenvalue weighted by Gasteiger charge is -2.13. The van der Waals surface area contributed by atoms with E-state index in [0.29, 0.717) is 24.5 Å². The van der Waals surface area contributed by atoms with Gasteiger partial charge in [-0.25, -0.2) is 4.79 Å². The van der Waals surface area contributed by atoms with E-state index in [-0.39, 0.29) is 19.0 Å². The van der Waals surface area contributed by atoms with E-state index >= 15 is 0 Å². The number of hydrogen-bond acceptors (Lipinski definition) is 8. The van der Waals surface area contributed by atoms with E-state index in [1.807, 2.05) is 45.2 Å². The third kappa shape index (κ3) is 6.04. The summed E-state index contributed by atoms with van der Waals surface area (Å²) in [5, 5.41) is 11.1. The number of rotatable bonds is 8. The molecule has 0 saturated carbocycles. The predicted octanol–water partition coefficient (Wildman–Crippen LogP) is 3.90. The number of carbonyl (C=O) groups excluding carboxylic acids is 1. The van der Waals surface area contributed by atoms with Gasteiger partial charge in [-0.15, -0.1) is 0 Å². The summed E-state index contributed by atoms with van der Waals surface area (Å²) in [7, 11) is -3.11. The van der Waals surface area contributed by atoms with Crippen molar-refractivity contribution in [3.63, 3.8) is 0 Å². The van der Waals surface area contributed by atoms with Crippen LogP contribution >= 0.6 is 67.8 Å². The molecule has 2 aromatic carbocycles. The van der Waals surface area contributed by atoms with Crippen molar-refractivity contribution >= 4 is 89.5 Å². The lowest BCUT2D eigenvalue weighted by atomic mass is 10.2. The van der Waals surface area contributed by atoms with Crippen molar-refractivity contribution in [2.75, 3.05) is 20.3 Å². The highest BCUT2D eigenvalue weighted by atomic mass is 127. The molecule has 2 rings (SSSR count). The quantitative estimate of drug-likeness (QED) is 0.106. The average molecular weight is 775 g/mol. The van der Waals surface area contributed by atoms with Crippen LogP contribution in [0.3, 0.4) is 0 Å². The number of halogens is 3. The highest BCUT2D eigenvalue weighted by Crippen LogP contribution is 2.34. The van der Waals surface area contributed by atoms with Crippen LogP contribution in [-0.2, 0) is 14.9 Å². The van der Waals surface area contributed by atoms with E-state index in [2.05, 4.69) is 22.6 Å². The number of esters is 1. The molecule has 0 radical (unpaired) electrons. The summed E-state index contributed by atoms with van der Waals surface area (Å²) in [6.07, 6.45) is 0. The Morgan fingerprint density at radius 3 is 2.40 bits per heavy atom. The largest absolute Gasteiger partial charge is 0.495 e. The number of carbonyl (C=O) groups is 1. The second-order valence-corrected chi connectivity index (χ2v) is 10.2. The average Bonchev–Trinajstić information content (AvgIpc) is 2.64. The SMILES string of the molecule is COc1c(I)cc(I)c(C(=O)OCCOc2ccc(S(=O)(=O)O)cc2[N+](=O)[O-])c1I. The van der Waals surface area contributed by atoms with Gasteiger partial charge in [0.15, 0.2) is 5.75 Å². The van der Waals surface area contributed by atoms with Crippen LogP contribution in [0.15, 0.2) is 29.2 Å². The van der Waals surface area contributed by atoms with Gasteiger partial charge in [-0.2, -0.15) is 8.42 Å². The Kier molecular flexibility index (Phi) is 8.89. The Bertz CT molecular complexity index is 1110. The van der Waals surface area contributed by atoms with Gasteiger partial charge in [0.1, 0.15) is 23.9 Å². The Morgan fingerprint density at radius 1 is 1.17 bits per heavy atom. The van der Waals surface area contributed by atoms with Gasteiger partial charge in [0.05, 0.1) is 24.7 Å². The van der Waals surface area contributed by atoms with Crippen molar-refractivity contribution in [2.24, 2.45) is 0 Å². The first-order valence-electron chi connectivity index (χ1n) is 7.74. The monoisotopic (exact) mass is 775 g/mol. The molecule has 0 spiro atoms. The topological polar surface area (TPSA) is 142 Å². The van der Waals surface area contributed by atoms with E-state index in [0.717, 1.165) is 15.7 Å². The number of nitro groups is 1. The van der Waals surface area contributed by atoms with Gasteiger partial charge in [-0.1, -0.05) is 0 Å². The maximum Gasteiger partial charge on any atom is 0.340 e. The van der Waals surface area contributed by atoms with Crippen LogP contribution in [0.5, 0.6) is 11.5 Å². The van der Waals surface area contributed by atoms with Gasteiger partial charge in [-0.3, -0.25) is 14.7 Å². The van der Waals surface area contributed by atoms with Crippen molar-refractivity contribution in [2.45, 2.75) is 4.90 Å². The molecule has 1 N–H and O–H groups in total. The fourth-order valence-electron chi connectivity index (χ4n) is 2.23. The van der Waals surface area contributed by atoms with Crippen molar-refractivity contribution in [1.82, 2.24) is 0 Å². The molecule has 0 aliphatic heterocycles. The summed E-state index contributed by atoms with van der Waals surface area (Å²) in [4.78, 5) is 22.1. The van der Waals surface area contributed by atoms with Crippen molar-refractivity contribution < 1.29 is 36.9 Å². The van der Waals surface area contributed by atoms with E-state index in [1.165, 1.54) is 7.11 Å². The maximum atomic E-state index is 12.5. The number of hydrogen-bond donors (Lipinski definition) is 1. The Labute approximate surface area is 212 Å². The molecule has 0 fully saturated rings. The summed E-state index contributed by atoms with van der Waals surface area (Å²) in [6, 6.07) is 4.46. The molecule has 162 valence electrons. The second-order valence-electron chi connectivity index (χ2n) is 5.41. The highest BCUT2D eigenvalue weighted by molar-refractivity contribution is 14.1. The molecule has 0 aliphatic carbocycles. The molecule has 0 saturated heterocycles. The summed E-state index contributed by atoms with van der Waals surface area (Å²) in [5.41, 5.74) is -0.320. The molecule has 0 aromatic heterocycles. The van der Waals surface area contributed by atoms with Crippen LogP contribution in [0, 0.1) is 20.8 Å². The Morgan fingerprint density at radius 2 is 1.83 bits per heavy atom. The molecule has 2 aromatic rings. The summed E-state index contributed by atoms with van der Waals surface area (Å²) in [5.74, 6) is -0.295. The predicted molar refractivity (Wildman–Crippen MR) is 130 cm³/mol. The molecule has 30 heavy (non-hydrogen) atoms. The van der Waals surface area contributed by atoms with Crippen LogP contribution in [0.25, 0.3) is 0 Å². The van der Waals surface area contributed by atoms with Gasteiger partial charge in [0, 0.05) is 9.64 Å². The minimum absolute atomic E-state index is 0.212. The van der Waals surface area contributed by atoms with Crippen molar-refractivity contribution in [1.29, 1.82) is 0 Å². The Hall–Kier alpha value is -0.990. The molecule has 0 atom stereocenters. The number of benzene rings is 2. The zero-order chi connectivity index (χ0) is 22.6. The van der Waals surface area contributed by atoms with Gasteiger partial charge < -0.3 is 14.2 Å². The van der Waals surface area contributed by atoms with Gasteiger partial charge in [0.2, 0.25) is 0 Å². The minimum Gasteiger partial charge on any atom is -0.495 e. The fourth-order valence-corrected chi connectivity index (χ4v) is 6.98. The molecule has 0 heterocycles. The lowest BCUT2D eigenvalue weighted by Crippen LogP contribution is -2.15. The third-order valence-corrected chi connectivity index (χ3v) is 7.07. The number of nitrogens with zero attached hydrogens (tertiary/aromatic N) is 1. The first-order valence-corrected chi connectivity index (χ1v) is 12.4. The maximum absolute atomic E-state index is 12.5. The molecule has 10 nitrogen and oxygen atoms in total. The van der Waals surface area contributed by atoms with E-state index in [9.17, 15) is 23.3 Å². The fraction of sp³-hybridized carbons (Fsp3) is 0.188. The smallest absolute Gasteiger partial charge is 0.340 e. The van der Waals surface area contributed by atoms with Crippen LogP contribution in [0.2, 0.25) is 0 Å². The zero-order valence-electron chi connectivity index (χ0n) is 14.9. The molecule has 14 heteroatoms. The van der Waals surface area contributed by atoms with Crippen molar-refractivity contribution in [3.05, 3.63) is 50.7 Å². The van der Waals surface area contributed by atoms with E-state index in [4.69, 9.17) is 18.8 Å². The second kappa shape index (κ2) is 10.6. The van der Waals surface area contributed by atoms with Crippen LogP contribution in [0.1, 0.15) is 10.4 Å². The van der Waals surface area contributed by atoms with Gasteiger partial charge in [0.25, 0.3) is 10.1 Å². The minimum atomic E-state index is -4.60. The molecular weight excluding hydrogens is 763 g/mol. The van der Waals surface area contributed by atoms with Crippen LogP contribution < -0.4 is 9.47 Å². The van der Waals surface area contributed by atoms with E-state index in [1.54, 1.807) is 6.07 Å². The molecule has 0 unspecified atom stereocenters. The molecule has 0 aliphatic rings. The zero-order valence-corrected chi connectivity index (χ0v) is 22.2. The Balaban J connectivity index is 2.09. The normalized spacial score (nSPS) is 11.1. The molecular formula is C16H12I3NO9S. The van der Waals surface area contributed by atoms with E-state index < -0.39 is 31.6 Å². The summed E-state index contributed by atoms with van der Waals surface area (Å²) < 4.78 is 49.1. The highest BCUT2D eigenvalue weighted by Gasteiger charge is 2.23.